The summed E-state index contributed by atoms with van der Waals surface area (Å²) in [6.07, 6.45) is 0. The Labute approximate surface area is 628 Å². The molecule has 2 aliphatic rings. The highest BCUT2D eigenvalue weighted by atomic mass is 15.1. The van der Waals surface area contributed by atoms with Gasteiger partial charge in [-0.2, -0.15) is 5.26 Å². The van der Waals surface area contributed by atoms with E-state index in [0.29, 0.717) is 16.9 Å². The van der Waals surface area contributed by atoms with E-state index in [9.17, 15) is 5.26 Å². The van der Waals surface area contributed by atoms with Gasteiger partial charge in [0.25, 0.3) is 0 Å². The van der Waals surface area contributed by atoms with Crippen LogP contribution in [-0.2, 0) is 5.41 Å². The van der Waals surface area contributed by atoms with E-state index in [1.807, 2.05) is 0 Å². The number of para-hydroxylation sites is 4. The molecule has 504 valence electrons. The molecule has 0 atom stereocenters. The minimum Gasteiger partial charge on any atom is -0.306 e. The van der Waals surface area contributed by atoms with E-state index in [1.54, 1.807) is 0 Å². The Morgan fingerprint density at radius 2 is 0.514 bits per heavy atom. The van der Waals surface area contributed by atoms with Gasteiger partial charge in [-0.3, -0.25) is 0 Å². The Hall–Kier alpha value is -14.6. The van der Waals surface area contributed by atoms with Crippen molar-refractivity contribution in [2.24, 2.45) is 0 Å². The second-order valence-electron chi connectivity index (χ2n) is 29.0. The molecule has 2 aliphatic carbocycles. The number of hydrogen-bond acceptors (Lipinski definition) is 2. The predicted molar refractivity (Wildman–Crippen MR) is 450 cm³/mol. The molecule has 0 fully saturated rings. The Bertz CT molecular complexity index is 7090. The molecule has 6 heteroatoms. The van der Waals surface area contributed by atoms with E-state index < -0.39 is 5.41 Å². The van der Waals surface area contributed by atoms with Crippen LogP contribution in [0.3, 0.4) is 0 Å². The second-order valence-corrected chi connectivity index (χ2v) is 29.0. The topological polar surface area (TPSA) is 56.4 Å². The lowest BCUT2D eigenvalue weighted by molar-refractivity contribution is 0.791. The largest absolute Gasteiger partial charge is 0.306 e. The number of hydrogen-bond donors (Lipinski definition) is 0. The van der Waals surface area contributed by atoms with Gasteiger partial charge >= 0.3 is 0 Å². The summed E-state index contributed by atoms with van der Waals surface area (Å²) < 4.78 is 9.88. The third-order valence-electron chi connectivity index (χ3n) is 23.6. The van der Waals surface area contributed by atoms with Gasteiger partial charge < -0.3 is 18.3 Å². The minimum atomic E-state index is -0.687. The summed E-state index contributed by atoms with van der Waals surface area (Å²) >= 11 is 0. The first-order valence-corrected chi connectivity index (χ1v) is 37.4. The third kappa shape index (κ3) is 8.58. The molecule has 21 aromatic rings. The lowest BCUT2D eigenvalue weighted by Gasteiger charge is -2.30. The lowest BCUT2D eigenvalue weighted by Crippen LogP contribution is -2.25. The molecule has 0 saturated heterocycles. The van der Waals surface area contributed by atoms with Gasteiger partial charge in [-0.15, -0.1) is 0 Å². The molecule has 1 spiro atoms. The Morgan fingerprint density at radius 1 is 0.229 bits per heavy atom. The molecule has 5 aromatic heterocycles. The Balaban J connectivity index is 0.981. The Kier molecular flexibility index (Phi) is 13.1. The molecule has 109 heavy (non-hydrogen) atoms. The van der Waals surface area contributed by atoms with Gasteiger partial charge in [-0.25, -0.2) is 4.98 Å². The fraction of sp³-hybridized carbons (Fsp3) is 0.00971. The summed E-state index contributed by atoms with van der Waals surface area (Å²) in [5.41, 5.74) is 30.2. The zero-order valence-electron chi connectivity index (χ0n) is 59.0. The van der Waals surface area contributed by atoms with Gasteiger partial charge in [0, 0.05) is 48.7 Å². The summed E-state index contributed by atoms with van der Waals surface area (Å²) in [5, 5.41) is 22.3. The minimum absolute atomic E-state index is 0.474. The van der Waals surface area contributed by atoms with Crippen molar-refractivity contribution in [1.82, 2.24) is 23.3 Å². The number of nitriles is 1. The van der Waals surface area contributed by atoms with Gasteiger partial charge in [0.05, 0.1) is 89.2 Å². The molecule has 0 bridgehead atoms. The number of fused-ring (bicyclic) bond motifs is 22. The number of rotatable bonds is 9. The van der Waals surface area contributed by atoms with Gasteiger partial charge in [-0.1, -0.05) is 297 Å². The first-order chi connectivity index (χ1) is 54.1. The van der Waals surface area contributed by atoms with Gasteiger partial charge in [0.2, 0.25) is 0 Å². The Morgan fingerprint density at radius 3 is 0.862 bits per heavy atom. The van der Waals surface area contributed by atoms with E-state index in [0.717, 1.165) is 171 Å². The van der Waals surface area contributed by atoms with Crippen LogP contribution in [0, 0.1) is 11.3 Å². The van der Waals surface area contributed by atoms with Crippen molar-refractivity contribution in [3.8, 4) is 107 Å². The molecule has 0 unspecified atom stereocenters. The van der Waals surface area contributed by atoms with Crippen LogP contribution in [0.4, 0.5) is 0 Å². The van der Waals surface area contributed by atoms with Crippen LogP contribution in [0.1, 0.15) is 27.8 Å². The molecule has 0 aliphatic heterocycles. The predicted octanol–water partition coefficient (Wildman–Crippen LogP) is 26.0. The monoisotopic (exact) mass is 1380 g/mol. The number of aromatic nitrogens is 5. The van der Waals surface area contributed by atoms with Crippen LogP contribution >= 0.6 is 0 Å². The molecular weight excluding hydrogens is 1320 g/mol. The van der Waals surface area contributed by atoms with Crippen LogP contribution < -0.4 is 0 Å². The third-order valence-corrected chi connectivity index (χ3v) is 23.6. The SMILES string of the molecule is N#Cc1c(-n2c3ccccc3c3cc(-c4ccccc4)ccc32)c(-n2c3ccccc3c3cc(-c4ccccc4)ccc32)c(-c2ccc3c(n2)-c2ccccc2C32c3ccccc3-c3ccccc32)c(-n2c3ccccc3c3cc(-c4ccccc4)ccc32)c1-n1c2ccccc2c2cc(-c3ccccc3)ccc21. The van der Waals surface area contributed by atoms with E-state index in [4.69, 9.17) is 4.98 Å². The van der Waals surface area contributed by atoms with E-state index >= 15 is 0 Å². The van der Waals surface area contributed by atoms with Crippen molar-refractivity contribution in [1.29, 1.82) is 5.26 Å². The van der Waals surface area contributed by atoms with Crippen LogP contribution in [0.5, 0.6) is 0 Å². The zero-order valence-corrected chi connectivity index (χ0v) is 59.0. The summed E-state index contributed by atoms with van der Waals surface area (Å²) in [7, 11) is 0. The fourth-order valence-electron chi connectivity index (χ4n) is 19.1. The number of pyridine rings is 1. The van der Waals surface area contributed by atoms with Crippen molar-refractivity contribution >= 4 is 87.2 Å². The maximum atomic E-state index is 13.8. The van der Waals surface area contributed by atoms with Gasteiger partial charge in [0.15, 0.2) is 0 Å². The summed E-state index contributed by atoms with van der Waals surface area (Å²) in [4.78, 5) is 6.51. The van der Waals surface area contributed by atoms with Crippen molar-refractivity contribution in [3.63, 3.8) is 0 Å². The molecule has 0 amide bonds. The highest BCUT2D eigenvalue weighted by Gasteiger charge is 2.52. The van der Waals surface area contributed by atoms with Gasteiger partial charge in [0.1, 0.15) is 11.6 Å². The van der Waals surface area contributed by atoms with Crippen LogP contribution in [-0.4, -0.2) is 23.3 Å². The quantitative estimate of drug-likeness (QED) is 0.145. The highest BCUT2D eigenvalue weighted by Crippen LogP contribution is 2.63. The number of benzene rings is 16. The van der Waals surface area contributed by atoms with Gasteiger partial charge in [-0.05, 0) is 157 Å². The van der Waals surface area contributed by atoms with Crippen LogP contribution in [0.25, 0.3) is 188 Å². The summed E-state index contributed by atoms with van der Waals surface area (Å²) in [6.45, 7) is 0. The molecule has 0 saturated carbocycles. The van der Waals surface area contributed by atoms with Crippen molar-refractivity contribution in [2.75, 3.05) is 0 Å². The molecule has 23 rings (SSSR count). The van der Waals surface area contributed by atoms with Crippen molar-refractivity contribution in [2.45, 2.75) is 5.41 Å². The summed E-state index contributed by atoms with van der Waals surface area (Å²) in [5.74, 6) is 0. The van der Waals surface area contributed by atoms with E-state index in [-0.39, 0.29) is 0 Å². The average molecular weight is 1380 g/mol. The highest BCUT2D eigenvalue weighted by molar-refractivity contribution is 6.19. The van der Waals surface area contributed by atoms with E-state index in [1.165, 1.54) is 27.8 Å². The first kappa shape index (κ1) is 60.7. The summed E-state index contributed by atoms with van der Waals surface area (Å²) in [6, 6.07) is 141. The smallest absolute Gasteiger partial charge is 0.104 e. The molecule has 0 N–H and O–H groups in total. The van der Waals surface area contributed by atoms with Crippen LogP contribution in [0.2, 0.25) is 0 Å². The van der Waals surface area contributed by atoms with Crippen molar-refractivity contribution < 1.29 is 0 Å². The molecule has 6 nitrogen and oxygen atoms in total. The fourth-order valence-corrected chi connectivity index (χ4v) is 19.1. The lowest BCUT2D eigenvalue weighted by atomic mass is 9.71. The second kappa shape index (κ2) is 23.4. The van der Waals surface area contributed by atoms with E-state index in [2.05, 4.69) is 400 Å². The number of nitrogens with zero attached hydrogens (tertiary/aromatic N) is 6. The standard InChI is InChI=1S/C103H62N6/c104-63-83-99(106-89-45-23-16-37-74(89)79-59-68(49-55-93(79)106)64-27-5-1-6-28-64)101(108-91-47-25-18-39-76(91)81-61-70(51-57-95(81)108)66-31-9-3-10-32-66)97(88-54-53-87-98(105-88)78-41-15-22-44-86(78)103(87)84-42-20-13-35-72(84)73-36-14-21-43-85(73)103)102(109-92-48-26-19-40-77(92)82-62-71(52-58-96(82)109)67-33-11-4-12-34-67)100(83)107-90-46-24-17-38-75(90)80-60-69(50-56-94(80)107)65-29-7-2-8-30-65/h1-62H. The average Bonchev–Trinajstić information content (AvgIpc) is 1.53. The zero-order chi connectivity index (χ0) is 71.6. The normalized spacial score (nSPS) is 12.7. The maximum Gasteiger partial charge on any atom is 0.104 e. The molecule has 0 radical (unpaired) electrons. The first-order valence-electron chi connectivity index (χ1n) is 37.4. The molecule has 5 heterocycles. The van der Waals surface area contributed by atoms with Crippen LogP contribution in [0.15, 0.2) is 376 Å². The van der Waals surface area contributed by atoms with Crippen molar-refractivity contribution in [3.05, 3.63) is 404 Å². The molecular formula is C103H62N6. The maximum absolute atomic E-state index is 13.8. The molecule has 16 aromatic carbocycles.